The number of nitrogens with zero attached hydrogens (tertiary/aromatic N) is 1. The van der Waals surface area contributed by atoms with Crippen LogP contribution in [0.5, 0.6) is 5.75 Å². The maximum atomic E-state index is 9.71. The number of phenolic OH excluding ortho intramolecular Hbond substituents is 1. The number of aryl methyl sites for hydroxylation is 1. The third kappa shape index (κ3) is 1.76. The maximum absolute atomic E-state index is 9.71. The van der Waals surface area contributed by atoms with Gasteiger partial charge in [-0.1, -0.05) is 12.1 Å². The van der Waals surface area contributed by atoms with E-state index in [9.17, 15) is 5.11 Å². The normalized spacial score (nSPS) is 10.2. The molecule has 0 saturated carbocycles. The second-order valence-corrected chi connectivity index (χ2v) is 3.43. The molecular weight excluding hydrogens is 188 g/mol. The predicted octanol–water partition coefficient (Wildman–Crippen LogP) is 2.34. The van der Waals surface area contributed by atoms with Crippen LogP contribution in [-0.4, -0.2) is 10.1 Å². The molecule has 0 fully saturated rings. The van der Waals surface area contributed by atoms with Crippen LogP contribution >= 0.6 is 0 Å². The van der Waals surface area contributed by atoms with Gasteiger partial charge in [0.05, 0.1) is 0 Å². The molecule has 1 aromatic heterocycles. The van der Waals surface area contributed by atoms with Gasteiger partial charge in [0.15, 0.2) is 0 Å². The zero-order valence-corrected chi connectivity index (χ0v) is 8.44. The number of aromatic nitrogens is 1. The van der Waals surface area contributed by atoms with E-state index in [0.29, 0.717) is 11.3 Å². The Labute approximate surface area is 88.2 Å². The van der Waals surface area contributed by atoms with Crippen molar-refractivity contribution in [3.63, 3.8) is 0 Å². The van der Waals surface area contributed by atoms with Crippen molar-refractivity contribution in [3.8, 4) is 16.9 Å². The van der Waals surface area contributed by atoms with Crippen molar-refractivity contribution >= 4 is 5.69 Å². The molecule has 2 aromatic rings. The van der Waals surface area contributed by atoms with E-state index in [4.69, 9.17) is 5.73 Å². The van der Waals surface area contributed by atoms with E-state index in [1.165, 1.54) is 0 Å². The van der Waals surface area contributed by atoms with E-state index >= 15 is 0 Å². The molecule has 0 bridgehead atoms. The average Bonchev–Trinajstić information content (AvgIpc) is 2.20. The van der Waals surface area contributed by atoms with Gasteiger partial charge in [0.2, 0.25) is 0 Å². The minimum atomic E-state index is 0.181. The fourth-order valence-electron chi connectivity index (χ4n) is 1.49. The lowest BCUT2D eigenvalue weighted by atomic mass is 10.0. The van der Waals surface area contributed by atoms with Gasteiger partial charge in [0.25, 0.3) is 0 Å². The molecule has 0 aliphatic rings. The number of aromatic hydroxyl groups is 1. The molecule has 0 amide bonds. The highest BCUT2D eigenvalue weighted by molar-refractivity contribution is 5.81. The molecular formula is C12H12N2O. The number of anilines is 1. The Morgan fingerprint density at radius 3 is 2.60 bits per heavy atom. The highest BCUT2D eigenvalue weighted by Gasteiger charge is 2.07. The first-order chi connectivity index (χ1) is 7.18. The third-order valence-electron chi connectivity index (χ3n) is 2.27. The summed E-state index contributed by atoms with van der Waals surface area (Å²) in [5.41, 5.74) is 8.77. The first-order valence-electron chi connectivity index (χ1n) is 4.69. The number of nitrogens with two attached hydrogens (primary N) is 1. The van der Waals surface area contributed by atoms with Crippen LogP contribution in [0, 0.1) is 6.92 Å². The molecule has 2 rings (SSSR count). The smallest absolute Gasteiger partial charge is 0.125 e. The highest BCUT2D eigenvalue weighted by Crippen LogP contribution is 2.33. The molecule has 1 heterocycles. The topological polar surface area (TPSA) is 59.1 Å². The molecule has 0 unspecified atom stereocenters. The molecule has 0 spiro atoms. The van der Waals surface area contributed by atoms with Gasteiger partial charge in [0.1, 0.15) is 5.75 Å². The first kappa shape index (κ1) is 9.52. The molecule has 3 heteroatoms. The van der Waals surface area contributed by atoms with Crippen LogP contribution < -0.4 is 5.73 Å². The zero-order chi connectivity index (χ0) is 10.8. The van der Waals surface area contributed by atoms with Gasteiger partial charge in [-0.2, -0.15) is 0 Å². The van der Waals surface area contributed by atoms with Crippen molar-refractivity contribution in [3.05, 3.63) is 42.2 Å². The number of hydrogen-bond acceptors (Lipinski definition) is 3. The summed E-state index contributed by atoms with van der Waals surface area (Å²) < 4.78 is 0. The van der Waals surface area contributed by atoms with Gasteiger partial charge < -0.3 is 10.8 Å². The summed E-state index contributed by atoms with van der Waals surface area (Å²) in [7, 11) is 0. The standard InChI is InChI=1S/C12H12N2O/c1-8-5-6-9(7-14-8)12-10(13)3-2-4-11(12)15/h2-7,15H,13H2,1H3. The van der Waals surface area contributed by atoms with E-state index in [0.717, 1.165) is 11.3 Å². The second-order valence-electron chi connectivity index (χ2n) is 3.43. The van der Waals surface area contributed by atoms with Crippen LogP contribution in [-0.2, 0) is 0 Å². The summed E-state index contributed by atoms with van der Waals surface area (Å²) in [5.74, 6) is 0.181. The van der Waals surface area contributed by atoms with Gasteiger partial charge in [-0.3, -0.25) is 4.98 Å². The monoisotopic (exact) mass is 200 g/mol. The van der Waals surface area contributed by atoms with E-state index in [2.05, 4.69) is 4.98 Å². The summed E-state index contributed by atoms with van der Waals surface area (Å²) in [4.78, 5) is 4.17. The Bertz CT molecular complexity index is 457. The van der Waals surface area contributed by atoms with Gasteiger partial charge in [-0.05, 0) is 25.1 Å². The van der Waals surface area contributed by atoms with Crippen molar-refractivity contribution in [2.24, 2.45) is 0 Å². The van der Waals surface area contributed by atoms with Gasteiger partial charge in [-0.15, -0.1) is 0 Å². The van der Waals surface area contributed by atoms with E-state index in [1.54, 1.807) is 24.4 Å². The summed E-state index contributed by atoms with van der Waals surface area (Å²) in [6, 6.07) is 8.88. The molecule has 0 aliphatic heterocycles. The summed E-state index contributed by atoms with van der Waals surface area (Å²) in [6.45, 7) is 1.91. The first-order valence-corrected chi connectivity index (χ1v) is 4.69. The molecule has 15 heavy (non-hydrogen) atoms. The zero-order valence-electron chi connectivity index (χ0n) is 8.44. The molecule has 76 valence electrons. The Balaban J connectivity index is 2.58. The van der Waals surface area contributed by atoms with Crippen molar-refractivity contribution in [1.29, 1.82) is 0 Å². The predicted molar refractivity (Wildman–Crippen MR) is 60.5 cm³/mol. The fourth-order valence-corrected chi connectivity index (χ4v) is 1.49. The quantitative estimate of drug-likeness (QED) is 0.694. The van der Waals surface area contributed by atoms with Crippen LogP contribution in [0.15, 0.2) is 36.5 Å². The Morgan fingerprint density at radius 2 is 2.00 bits per heavy atom. The number of pyridine rings is 1. The summed E-state index contributed by atoms with van der Waals surface area (Å²) >= 11 is 0. The molecule has 3 nitrogen and oxygen atoms in total. The van der Waals surface area contributed by atoms with Crippen molar-refractivity contribution < 1.29 is 5.11 Å². The number of nitrogen functional groups attached to an aromatic ring is 1. The molecule has 3 N–H and O–H groups in total. The molecule has 0 saturated heterocycles. The third-order valence-corrected chi connectivity index (χ3v) is 2.27. The van der Waals surface area contributed by atoms with E-state index in [-0.39, 0.29) is 5.75 Å². The summed E-state index contributed by atoms with van der Waals surface area (Å²) in [6.07, 6.45) is 1.71. The van der Waals surface area contributed by atoms with Crippen LogP contribution in [0.4, 0.5) is 5.69 Å². The molecule has 0 atom stereocenters. The second kappa shape index (κ2) is 3.61. The molecule has 1 aromatic carbocycles. The van der Waals surface area contributed by atoms with Crippen molar-refractivity contribution in [2.75, 3.05) is 5.73 Å². The van der Waals surface area contributed by atoms with Crippen LogP contribution in [0.3, 0.4) is 0 Å². The number of phenols is 1. The molecule has 0 radical (unpaired) electrons. The van der Waals surface area contributed by atoms with Gasteiger partial charge in [-0.25, -0.2) is 0 Å². The highest BCUT2D eigenvalue weighted by atomic mass is 16.3. The number of rotatable bonds is 1. The SMILES string of the molecule is Cc1ccc(-c2c(N)cccc2O)cn1. The lowest BCUT2D eigenvalue weighted by molar-refractivity contribution is 0.477. The fraction of sp³-hybridized carbons (Fsp3) is 0.0833. The van der Waals surface area contributed by atoms with Crippen molar-refractivity contribution in [1.82, 2.24) is 4.98 Å². The number of hydrogen-bond donors (Lipinski definition) is 2. The van der Waals surface area contributed by atoms with Crippen LogP contribution in [0.2, 0.25) is 0 Å². The maximum Gasteiger partial charge on any atom is 0.125 e. The Morgan fingerprint density at radius 1 is 1.20 bits per heavy atom. The van der Waals surface area contributed by atoms with Gasteiger partial charge >= 0.3 is 0 Å². The lowest BCUT2D eigenvalue weighted by Crippen LogP contribution is -1.91. The van der Waals surface area contributed by atoms with Gasteiger partial charge in [0, 0.05) is 28.7 Å². The number of benzene rings is 1. The lowest BCUT2D eigenvalue weighted by Gasteiger charge is -2.07. The van der Waals surface area contributed by atoms with E-state index in [1.807, 2.05) is 19.1 Å². The summed E-state index contributed by atoms with van der Waals surface area (Å²) in [5, 5.41) is 9.71. The van der Waals surface area contributed by atoms with Crippen molar-refractivity contribution in [2.45, 2.75) is 6.92 Å². The average molecular weight is 200 g/mol. The minimum Gasteiger partial charge on any atom is -0.507 e. The van der Waals surface area contributed by atoms with Crippen LogP contribution in [0.1, 0.15) is 5.69 Å². The Kier molecular flexibility index (Phi) is 2.29. The Hall–Kier alpha value is -2.03. The molecule has 0 aliphatic carbocycles. The minimum absolute atomic E-state index is 0.181. The van der Waals surface area contributed by atoms with E-state index < -0.39 is 0 Å². The van der Waals surface area contributed by atoms with Crippen LogP contribution in [0.25, 0.3) is 11.1 Å². The largest absolute Gasteiger partial charge is 0.507 e.